The molecule has 0 rings (SSSR count). The summed E-state index contributed by atoms with van der Waals surface area (Å²) < 4.78 is 4.93. The Labute approximate surface area is 74.3 Å². The van der Waals surface area contributed by atoms with Crippen LogP contribution in [0.1, 0.15) is 39.5 Å². The average Bonchev–Trinajstić information content (AvgIpc) is 2.10. The average molecular weight is 173 g/mol. The summed E-state index contributed by atoms with van der Waals surface area (Å²) in [4.78, 5) is 11.0. The smallest absolute Gasteiger partial charge is 0.322 e. The molecule has 1 atom stereocenters. The Hall–Kier alpha value is -0.570. The lowest BCUT2D eigenvalue weighted by Crippen LogP contribution is -2.31. The summed E-state index contributed by atoms with van der Waals surface area (Å²) in [6, 6.07) is -0.438. The van der Waals surface area contributed by atoms with E-state index in [9.17, 15) is 4.79 Å². The fourth-order valence-electron chi connectivity index (χ4n) is 0.799. The van der Waals surface area contributed by atoms with Gasteiger partial charge in [0, 0.05) is 0 Å². The van der Waals surface area contributed by atoms with Gasteiger partial charge in [-0.25, -0.2) is 0 Å². The van der Waals surface area contributed by atoms with Gasteiger partial charge in [0.05, 0.1) is 6.61 Å². The molecule has 0 aromatic rings. The second-order valence-electron chi connectivity index (χ2n) is 2.89. The summed E-state index contributed by atoms with van der Waals surface area (Å²) in [5.41, 5.74) is 5.46. The Kier molecular flexibility index (Phi) is 6.76. The third kappa shape index (κ3) is 5.13. The van der Waals surface area contributed by atoms with Crippen LogP contribution in [0.5, 0.6) is 0 Å². The second kappa shape index (κ2) is 7.10. The number of carbonyl (C=O) groups excluding carboxylic acids is 1. The van der Waals surface area contributed by atoms with Gasteiger partial charge < -0.3 is 10.5 Å². The zero-order valence-corrected chi connectivity index (χ0v) is 8.01. The minimum Gasteiger partial charge on any atom is -0.465 e. The predicted octanol–water partition coefficient (Wildman–Crippen LogP) is 1.46. The summed E-state index contributed by atoms with van der Waals surface area (Å²) >= 11 is 0. The van der Waals surface area contributed by atoms with Gasteiger partial charge >= 0.3 is 5.97 Å². The molecule has 0 spiro atoms. The Bertz CT molecular complexity index is 126. The first-order chi connectivity index (χ1) is 5.72. The van der Waals surface area contributed by atoms with Crippen LogP contribution in [0.2, 0.25) is 0 Å². The number of rotatable bonds is 6. The van der Waals surface area contributed by atoms with Crippen LogP contribution in [0.15, 0.2) is 0 Å². The van der Waals surface area contributed by atoms with E-state index in [0.717, 1.165) is 19.3 Å². The molecule has 1 unspecified atom stereocenters. The highest BCUT2D eigenvalue weighted by Crippen LogP contribution is 1.96. The van der Waals surface area contributed by atoms with Crippen LogP contribution in [0, 0.1) is 0 Å². The fraction of sp³-hybridized carbons (Fsp3) is 0.889. The van der Waals surface area contributed by atoms with Gasteiger partial charge in [-0.15, -0.1) is 0 Å². The van der Waals surface area contributed by atoms with Crippen LogP contribution < -0.4 is 5.73 Å². The third-order valence-corrected chi connectivity index (χ3v) is 1.73. The summed E-state index contributed by atoms with van der Waals surface area (Å²) in [6.45, 7) is 4.50. The molecule has 0 aromatic heterocycles. The van der Waals surface area contributed by atoms with Gasteiger partial charge in [0.1, 0.15) is 6.04 Å². The van der Waals surface area contributed by atoms with E-state index < -0.39 is 6.04 Å². The molecule has 2 N–H and O–H groups in total. The number of ether oxygens (including phenoxy) is 1. The summed E-state index contributed by atoms with van der Waals surface area (Å²) in [7, 11) is 0. The summed E-state index contributed by atoms with van der Waals surface area (Å²) in [5, 5.41) is 0. The highest BCUT2D eigenvalue weighted by molar-refractivity contribution is 5.75. The first-order valence-corrected chi connectivity index (χ1v) is 4.64. The molecular weight excluding hydrogens is 154 g/mol. The van der Waals surface area contributed by atoms with Crippen LogP contribution in [-0.4, -0.2) is 18.6 Å². The largest absolute Gasteiger partial charge is 0.465 e. The number of carbonyl (C=O) groups is 1. The minimum atomic E-state index is -0.438. The van der Waals surface area contributed by atoms with E-state index in [1.165, 1.54) is 0 Å². The zero-order valence-electron chi connectivity index (χ0n) is 8.01. The molecular formula is C9H19NO2. The standard InChI is InChI=1S/C9H19NO2/c1-3-5-6-7-12-9(11)8(10)4-2/h8H,3-7,10H2,1-2H3. The molecule has 0 aromatic carbocycles. The Balaban J connectivity index is 3.31. The molecule has 0 saturated carbocycles. The molecule has 0 bridgehead atoms. The Morgan fingerprint density at radius 3 is 2.58 bits per heavy atom. The van der Waals surface area contributed by atoms with E-state index >= 15 is 0 Å². The predicted molar refractivity (Wildman–Crippen MR) is 48.8 cm³/mol. The third-order valence-electron chi connectivity index (χ3n) is 1.73. The number of esters is 1. The highest BCUT2D eigenvalue weighted by atomic mass is 16.5. The molecule has 0 heterocycles. The van der Waals surface area contributed by atoms with E-state index in [-0.39, 0.29) is 5.97 Å². The highest BCUT2D eigenvalue weighted by Gasteiger charge is 2.11. The van der Waals surface area contributed by atoms with Gasteiger partial charge in [0.2, 0.25) is 0 Å². The SMILES string of the molecule is CCCCCOC(=O)C(N)CC. The van der Waals surface area contributed by atoms with Crippen molar-refractivity contribution in [3.05, 3.63) is 0 Å². The lowest BCUT2D eigenvalue weighted by atomic mass is 10.2. The fourth-order valence-corrected chi connectivity index (χ4v) is 0.799. The van der Waals surface area contributed by atoms with Crippen molar-refractivity contribution < 1.29 is 9.53 Å². The van der Waals surface area contributed by atoms with Gasteiger partial charge in [0.15, 0.2) is 0 Å². The van der Waals surface area contributed by atoms with E-state index in [0.29, 0.717) is 13.0 Å². The quantitative estimate of drug-likeness (QED) is 0.488. The molecule has 0 fully saturated rings. The van der Waals surface area contributed by atoms with Crippen molar-refractivity contribution in [3.63, 3.8) is 0 Å². The molecule has 0 amide bonds. The number of nitrogens with two attached hydrogens (primary N) is 1. The minimum absolute atomic E-state index is 0.270. The molecule has 0 aliphatic rings. The van der Waals surface area contributed by atoms with Crippen molar-refractivity contribution in [1.82, 2.24) is 0 Å². The maximum absolute atomic E-state index is 11.0. The molecule has 3 heteroatoms. The van der Waals surface area contributed by atoms with Crippen LogP contribution in [0.4, 0.5) is 0 Å². The van der Waals surface area contributed by atoms with Gasteiger partial charge in [-0.3, -0.25) is 4.79 Å². The molecule has 0 radical (unpaired) electrons. The maximum Gasteiger partial charge on any atom is 0.322 e. The van der Waals surface area contributed by atoms with Crippen molar-refractivity contribution in [2.75, 3.05) is 6.61 Å². The topological polar surface area (TPSA) is 52.3 Å². The summed E-state index contributed by atoms with van der Waals surface area (Å²) in [5.74, 6) is -0.270. The van der Waals surface area contributed by atoms with Crippen molar-refractivity contribution in [2.24, 2.45) is 5.73 Å². The summed E-state index contributed by atoms with van der Waals surface area (Å²) in [6.07, 6.45) is 3.83. The maximum atomic E-state index is 11.0. The molecule has 72 valence electrons. The van der Waals surface area contributed by atoms with E-state index in [4.69, 9.17) is 10.5 Å². The lowest BCUT2D eigenvalue weighted by molar-refractivity contribution is -0.145. The molecule has 12 heavy (non-hydrogen) atoms. The Morgan fingerprint density at radius 1 is 1.42 bits per heavy atom. The number of hydrogen-bond acceptors (Lipinski definition) is 3. The van der Waals surface area contributed by atoms with Crippen LogP contribution in [0.3, 0.4) is 0 Å². The first-order valence-electron chi connectivity index (χ1n) is 4.64. The van der Waals surface area contributed by atoms with Crippen LogP contribution in [0.25, 0.3) is 0 Å². The molecule has 0 aliphatic heterocycles. The number of hydrogen-bond donors (Lipinski definition) is 1. The van der Waals surface area contributed by atoms with Crippen molar-refractivity contribution >= 4 is 5.97 Å². The molecule has 3 nitrogen and oxygen atoms in total. The van der Waals surface area contributed by atoms with Crippen molar-refractivity contribution in [1.29, 1.82) is 0 Å². The van der Waals surface area contributed by atoms with Gasteiger partial charge in [-0.1, -0.05) is 26.7 Å². The monoisotopic (exact) mass is 173 g/mol. The van der Waals surface area contributed by atoms with Gasteiger partial charge in [-0.2, -0.15) is 0 Å². The molecule has 0 saturated heterocycles. The molecule has 0 aliphatic carbocycles. The lowest BCUT2D eigenvalue weighted by Gasteiger charge is -2.08. The van der Waals surface area contributed by atoms with E-state index in [1.807, 2.05) is 6.92 Å². The van der Waals surface area contributed by atoms with Gasteiger partial charge in [-0.05, 0) is 12.8 Å². The first kappa shape index (κ1) is 11.4. The zero-order chi connectivity index (χ0) is 9.40. The van der Waals surface area contributed by atoms with Gasteiger partial charge in [0.25, 0.3) is 0 Å². The van der Waals surface area contributed by atoms with Crippen LogP contribution >= 0.6 is 0 Å². The normalized spacial score (nSPS) is 12.6. The van der Waals surface area contributed by atoms with Crippen molar-refractivity contribution in [2.45, 2.75) is 45.6 Å². The van der Waals surface area contributed by atoms with Crippen molar-refractivity contribution in [3.8, 4) is 0 Å². The second-order valence-corrected chi connectivity index (χ2v) is 2.89. The van der Waals surface area contributed by atoms with E-state index in [1.54, 1.807) is 0 Å². The van der Waals surface area contributed by atoms with Crippen LogP contribution in [-0.2, 0) is 9.53 Å². The van der Waals surface area contributed by atoms with E-state index in [2.05, 4.69) is 6.92 Å². The number of unbranched alkanes of at least 4 members (excludes halogenated alkanes) is 2. The Morgan fingerprint density at radius 2 is 2.08 bits per heavy atom.